The van der Waals surface area contributed by atoms with Crippen molar-refractivity contribution in [2.75, 3.05) is 17.6 Å². The van der Waals surface area contributed by atoms with Crippen LogP contribution in [0.5, 0.6) is 0 Å². The predicted molar refractivity (Wildman–Crippen MR) is 61.3 cm³/mol. The summed E-state index contributed by atoms with van der Waals surface area (Å²) in [6.45, 7) is 3.21. The van der Waals surface area contributed by atoms with Crippen molar-refractivity contribution in [2.45, 2.75) is 13.3 Å². The van der Waals surface area contributed by atoms with Gasteiger partial charge in [0.15, 0.2) is 0 Å². The van der Waals surface area contributed by atoms with E-state index in [0.717, 1.165) is 24.1 Å². The average molecular weight is 201 g/mol. The van der Waals surface area contributed by atoms with Crippen LogP contribution in [0.25, 0.3) is 0 Å². The lowest BCUT2D eigenvalue weighted by Crippen LogP contribution is -2.06. The van der Waals surface area contributed by atoms with Crippen molar-refractivity contribution in [1.29, 1.82) is 5.26 Å². The first-order valence-corrected chi connectivity index (χ1v) is 5.24. The molecule has 0 amide bonds. The van der Waals surface area contributed by atoms with Gasteiger partial charge in [0.2, 0.25) is 0 Å². The standard InChI is InChI=1S/C12H15N3/c1-8-4-10(8)7-15-12-5-9(6-13)2-3-11(12)14/h2-3,5,8,10,15H,4,7,14H2,1H3. The first kappa shape index (κ1) is 9.85. The van der Waals surface area contributed by atoms with Gasteiger partial charge in [-0.05, 0) is 36.5 Å². The Morgan fingerprint density at radius 1 is 1.60 bits per heavy atom. The Morgan fingerprint density at radius 2 is 2.33 bits per heavy atom. The van der Waals surface area contributed by atoms with E-state index in [1.807, 2.05) is 6.07 Å². The van der Waals surface area contributed by atoms with Crippen molar-refractivity contribution in [2.24, 2.45) is 11.8 Å². The summed E-state index contributed by atoms with van der Waals surface area (Å²) < 4.78 is 0. The van der Waals surface area contributed by atoms with Gasteiger partial charge in [0, 0.05) is 6.54 Å². The average Bonchev–Trinajstić information content (AvgIpc) is 2.94. The summed E-state index contributed by atoms with van der Waals surface area (Å²) in [6.07, 6.45) is 1.30. The fraction of sp³-hybridized carbons (Fsp3) is 0.417. The lowest BCUT2D eigenvalue weighted by atomic mass is 10.2. The zero-order valence-electron chi connectivity index (χ0n) is 8.83. The number of nitriles is 1. The normalized spacial score (nSPS) is 23.2. The third kappa shape index (κ3) is 2.21. The van der Waals surface area contributed by atoms with Crippen molar-refractivity contribution in [1.82, 2.24) is 0 Å². The minimum atomic E-state index is 0.649. The van der Waals surface area contributed by atoms with Gasteiger partial charge in [-0.3, -0.25) is 0 Å². The number of nitrogen functional groups attached to an aromatic ring is 1. The van der Waals surface area contributed by atoms with E-state index in [9.17, 15) is 0 Å². The molecule has 1 fully saturated rings. The third-order valence-corrected chi connectivity index (χ3v) is 3.01. The molecule has 0 radical (unpaired) electrons. The molecule has 2 unspecified atom stereocenters. The van der Waals surface area contributed by atoms with Gasteiger partial charge in [-0.25, -0.2) is 0 Å². The van der Waals surface area contributed by atoms with Gasteiger partial charge >= 0.3 is 0 Å². The van der Waals surface area contributed by atoms with E-state index in [1.165, 1.54) is 6.42 Å². The fourth-order valence-electron chi connectivity index (χ4n) is 1.70. The molecule has 15 heavy (non-hydrogen) atoms. The molecule has 1 aromatic rings. The third-order valence-electron chi connectivity index (χ3n) is 3.01. The molecule has 3 nitrogen and oxygen atoms in total. The molecule has 3 N–H and O–H groups in total. The van der Waals surface area contributed by atoms with Crippen LogP contribution in [0.2, 0.25) is 0 Å². The van der Waals surface area contributed by atoms with Gasteiger partial charge in [-0.2, -0.15) is 5.26 Å². The van der Waals surface area contributed by atoms with E-state index < -0.39 is 0 Å². The van der Waals surface area contributed by atoms with Crippen molar-refractivity contribution >= 4 is 11.4 Å². The van der Waals surface area contributed by atoms with Crippen molar-refractivity contribution in [3.63, 3.8) is 0 Å². The largest absolute Gasteiger partial charge is 0.397 e. The van der Waals surface area contributed by atoms with Crippen molar-refractivity contribution in [3.8, 4) is 6.07 Å². The van der Waals surface area contributed by atoms with Gasteiger partial charge in [0.25, 0.3) is 0 Å². The zero-order valence-corrected chi connectivity index (χ0v) is 8.83. The highest BCUT2D eigenvalue weighted by Crippen LogP contribution is 2.37. The summed E-state index contributed by atoms with van der Waals surface area (Å²) in [5.41, 5.74) is 8.06. The molecule has 1 aliphatic carbocycles. The highest BCUT2D eigenvalue weighted by molar-refractivity contribution is 5.68. The number of rotatable bonds is 3. The number of nitrogens with one attached hydrogen (secondary N) is 1. The lowest BCUT2D eigenvalue weighted by Gasteiger charge is -2.08. The number of nitrogens with two attached hydrogens (primary N) is 1. The van der Waals surface area contributed by atoms with E-state index >= 15 is 0 Å². The van der Waals surface area contributed by atoms with Crippen LogP contribution in [-0.2, 0) is 0 Å². The van der Waals surface area contributed by atoms with Crippen LogP contribution in [0.1, 0.15) is 18.9 Å². The van der Waals surface area contributed by atoms with E-state index in [2.05, 4.69) is 18.3 Å². The first-order chi connectivity index (χ1) is 7.20. The molecule has 0 bridgehead atoms. The maximum atomic E-state index is 8.77. The highest BCUT2D eigenvalue weighted by atomic mass is 14.9. The number of benzene rings is 1. The fourth-order valence-corrected chi connectivity index (χ4v) is 1.70. The monoisotopic (exact) mass is 201 g/mol. The summed E-state index contributed by atoms with van der Waals surface area (Å²) in [5, 5.41) is 12.1. The Hall–Kier alpha value is -1.69. The minimum Gasteiger partial charge on any atom is -0.397 e. The summed E-state index contributed by atoms with van der Waals surface area (Å²) in [5.74, 6) is 1.60. The molecular weight excluding hydrogens is 186 g/mol. The van der Waals surface area contributed by atoms with Crippen LogP contribution < -0.4 is 11.1 Å². The lowest BCUT2D eigenvalue weighted by molar-refractivity contribution is 0.787. The number of nitrogens with zero attached hydrogens (tertiary/aromatic N) is 1. The van der Waals surface area contributed by atoms with Gasteiger partial charge < -0.3 is 11.1 Å². The molecule has 1 saturated carbocycles. The molecule has 3 heteroatoms. The Labute approximate surface area is 89.9 Å². The van der Waals surface area contributed by atoms with Crippen molar-refractivity contribution < 1.29 is 0 Å². The van der Waals surface area contributed by atoms with Crippen LogP contribution in [0.15, 0.2) is 18.2 Å². The predicted octanol–water partition coefficient (Wildman–Crippen LogP) is 2.21. The molecule has 0 aromatic heterocycles. The number of hydrogen-bond acceptors (Lipinski definition) is 3. The molecule has 0 saturated heterocycles. The molecule has 0 heterocycles. The molecule has 0 aliphatic heterocycles. The van der Waals surface area contributed by atoms with Crippen LogP contribution in [-0.4, -0.2) is 6.54 Å². The maximum absolute atomic E-state index is 8.77. The van der Waals surface area contributed by atoms with Crippen molar-refractivity contribution in [3.05, 3.63) is 23.8 Å². The smallest absolute Gasteiger partial charge is 0.0992 e. The topological polar surface area (TPSA) is 61.8 Å². The van der Waals surface area contributed by atoms with Gasteiger partial charge in [0.05, 0.1) is 23.0 Å². The molecule has 78 valence electrons. The zero-order chi connectivity index (χ0) is 10.8. The molecule has 1 aromatic carbocycles. The second-order valence-electron chi connectivity index (χ2n) is 4.27. The van der Waals surface area contributed by atoms with E-state index in [-0.39, 0.29) is 0 Å². The van der Waals surface area contributed by atoms with Gasteiger partial charge in [-0.15, -0.1) is 0 Å². The van der Waals surface area contributed by atoms with Gasteiger partial charge in [-0.1, -0.05) is 6.92 Å². The SMILES string of the molecule is CC1CC1CNc1cc(C#N)ccc1N. The molecular formula is C12H15N3. The van der Waals surface area contributed by atoms with Crippen LogP contribution in [0, 0.1) is 23.2 Å². The van der Waals surface area contributed by atoms with E-state index in [4.69, 9.17) is 11.0 Å². The highest BCUT2D eigenvalue weighted by Gasteiger charge is 2.31. The quantitative estimate of drug-likeness (QED) is 0.737. The second-order valence-corrected chi connectivity index (χ2v) is 4.27. The van der Waals surface area contributed by atoms with Gasteiger partial charge in [0.1, 0.15) is 0 Å². The molecule has 0 spiro atoms. The van der Waals surface area contributed by atoms with Crippen LogP contribution >= 0.6 is 0 Å². The Balaban J connectivity index is 2.03. The number of anilines is 2. The maximum Gasteiger partial charge on any atom is 0.0992 e. The van der Waals surface area contributed by atoms with E-state index in [0.29, 0.717) is 11.3 Å². The van der Waals surface area contributed by atoms with Crippen LogP contribution in [0.4, 0.5) is 11.4 Å². The molecule has 2 rings (SSSR count). The number of hydrogen-bond donors (Lipinski definition) is 2. The Bertz CT molecular complexity index is 406. The Morgan fingerprint density at radius 3 is 2.93 bits per heavy atom. The molecule has 1 aliphatic rings. The summed E-state index contributed by atoms with van der Waals surface area (Å²) >= 11 is 0. The second kappa shape index (κ2) is 3.82. The molecule has 2 atom stereocenters. The summed E-state index contributed by atoms with van der Waals surface area (Å²) in [4.78, 5) is 0. The first-order valence-electron chi connectivity index (χ1n) is 5.24. The minimum absolute atomic E-state index is 0.649. The Kier molecular flexibility index (Phi) is 2.51. The summed E-state index contributed by atoms with van der Waals surface area (Å²) in [6, 6.07) is 7.43. The summed E-state index contributed by atoms with van der Waals surface area (Å²) in [7, 11) is 0. The van der Waals surface area contributed by atoms with E-state index in [1.54, 1.807) is 12.1 Å². The van der Waals surface area contributed by atoms with Crippen LogP contribution in [0.3, 0.4) is 0 Å².